The number of nitrogens with zero attached hydrogens (tertiary/aromatic N) is 1. The van der Waals surface area contributed by atoms with Gasteiger partial charge in [0, 0.05) is 6.42 Å². The standard InChI is InChI=1S/C10H12FN2O9P/c11-8-4(2-14)13(10(17)12-9(8)16)7-1-5(15)6(22-7)3-21-23(18,19)20/h2,5-7,15H,1,3H2,(H,12,16,17)(H2,18,19,20)/t5-,6+,7+/m0/s1. The minimum atomic E-state index is -4.80. The number of phosphoric ester groups is 1. The number of aliphatic hydroxyl groups is 1. The minimum Gasteiger partial charge on any atom is -0.390 e. The number of phosphoric acid groups is 1. The highest BCUT2D eigenvalue weighted by Gasteiger charge is 2.38. The normalized spacial score (nSPS) is 24.8. The first kappa shape index (κ1) is 17.7. The second kappa shape index (κ2) is 6.43. The van der Waals surface area contributed by atoms with Gasteiger partial charge in [0.15, 0.2) is 6.29 Å². The maximum Gasteiger partial charge on any atom is 0.469 e. The van der Waals surface area contributed by atoms with Gasteiger partial charge in [0.05, 0.1) is 12.7 Å². The Balaban J connectivity index is 2.30. The molecule has 4 N–H and O–H groups in total. The Morgan fingerprint density at radius 1 is 1.48 bits per heavy atom. The first-order chi connectivity index (χ1) is 10.6. The average Bonchev–Trinajstić information content (AvgIpc) is 2.80. The highest BCUT2D eigenvalue weighted by atomic mass is 31.2. The first-order valence-corrected chi connectivity index (χ1v) is 7.70. The van der Waals surface area contributed by atoms with Gasteiger partial charge in [0.1, 0.15) is 18.0 Å². The van der Waals surface area contributed by atoms with E-state index in [1.54, 1.807) is 4.98 Å². The Labute approximate surface area is 126 Å². The Kier molecular flexibility index (Phi) is 4.94. The van der Waals surface area contributed by atoms with Gasteiger partial charge in [-0.25, -0.2) is 9.36 Å². The van der Waals surface area contributed by atoms with Crippen molar-refractivity contribution < 1.29 is 37.9 Å². The van der Waals surface area contributed by atoms with Crippen molar-refractivity contribution in [2.24, 2.45) is 0 Å². The Bertz CT molecular complexity index is 769. The lowest BCUT2D eigenvalue weighted by Crippen LogP contribution is -2.37. The third-order valence-electron chi connectivity index (χ3n) is 3.13. The van der Waals surface area contributed by atoms with E-state index < -0.39 is 55.6 Å². The summed E-state index contributed by atoms with van der Waals surface area (Å²) in [6.07, 6.45) is -4.20. The van der Waals surface area contributed by atoms with E-state index in [-0.39, 0.29) is 12.7 Å². The quantitative estimate of drug-likeness (QED) is 0.354. The predicted molar refractivity (Wildman–Crippen MR) is 69.2 cm³/mol. The number of carbonyl (C=O) groups is 1. The molecule has 0 unspecified atom stereocenters. The molecule has 0 aromatic carbocycles. The van der Waals surface area contributed by atoms with E-state index in [1.165, 1.54) is 0 Å². The van der Waals surface area contributed by atoms with E-state index in [2.05, 4.69) is 4.52 Å². The molecule has 2 heterocycles. The van der Waals surface area contributed by atoms with E-state index in [4.69, 9.17) is 14.5 Å². The van der Waals surface area contributed by atoms with E-state index >= 15 is 0 Å². The molecule has 0 saturated carbocycles. The highest BCUT2D eigenvalue weighted by molar-refractivity contribution is 7.46. The van der Waals surface area contributed by atoms with Crippen molar-refractivity contribution in [3.63, 3.8) is 0 Å². The van der Waals surface area contributed by atoms with Crippen LogP contribution in [0.5, 0.6) is 0 Å². The summed E-state index contributed by atoms with van der Waals surface area (Å²) in [5, 5.41) is 9.77. The summed E-state index contributed by atoms with van der Waals surface area (Å²) in [7, 11) is -4.80. The van der Waals surface area contributed by atoms with Gasteiger partial charge in [0.25, 0.3) is 5.56 Å². The van der Waals surface area contributed by atoms with Crippen LogP contribution in [-0.2, 0) is 13.8 Å². The zero-order valence-electron chi connectivity index (χ0n) is 11.3. The molecule has 2 rings (SSSR count). The van der Waals surface area contributed by atoms with Crippen molar-refractivity contribution in [1.82, 2.24) is 9.55 Å². The molecule has 1 saturated heterocycles. The number of aromatic nitrogens is 2. The molecular weight excluding hydrogens is 342 g/mol. The van der Waals surface area contributed by atoms with Gasteiger partial charge < -0.3 is 19.6 Å². The minimum absolute atomic E-state index is 0.0544. The summed E-state index contributed by atoms with van der Waals surface area (Å²) in [6, 6.07) is 0. The van der Waals surface area contributed by atoms with Crippen molar-refractivity contribution in [2.45, 2.75) is 24.9 Å². The zero-order valence-corrected chi connectivity index (χ0v) is 12.2. The predicted octanol–water partition coefficient (Wildman–Crippen LogP) is -1.75. The second-order valence-electron chi connectivity index (χ2n) is 4.66. The molecule has 13 heteroatoms. The third-order valence-corrected chi connectivity index (χ3v) is 3.62. The molecule has 1 aromatic rings. The Morgan fingerprint density at radius 3 is 2.70 bits per heavy atom. The molecule has 23 heavy (non-hydrogen) atoms. The van der Waals surface area contributed by atoms with Gasteiger partial charge in [-0.15, -0.1) is 0 Å². The number of H-pyrrole nitrogens is 1. The first-order valence-electron chi connectivity index (χ1n) is 6.17. The lowest BCUT2D eigenvalue weighted by atomic mass is 10.2. The van der Waals surface area contributed by atoms with E-state index in [0.717, 1.165) is 0 Å². The molecule has 1 fully saturated rings. The van der Waals surface area contributed by atoms with Crippen LogP contribution in [0.1, 0.15) is 23.1 Å². The number of aromatic amines is 1. The lowest BCUT2D eigenvalue weighted by molar-refractivity contribution is -0.0457. The van der Waals surface area contributed by atoms with Crippen molar-refractivity contribution in [1.29, 1.82) is 0 Å². The number of rotatable bonds is 5. The molecule has 128 valence electrons. The van der Waals surface area contributed by atoms with E-state index in [1.807, 2.05) is 0 Å². The van der Waals surface area contributed by atoms with Crippen molar-refractivity contribution in [3.05, 3.63) is 32.3 Å². The number of halogens is 1. The number of nitrogens with one attached hydrogen (secondary N) is 1. The van der Waals surface area contributed by atoms with Gasteiger partial charge in [0.2, 0.25) is 5.82 Å². The molecule has 0 radical (unpaired) electrons. The lowest BCUT2D eigenvalue weighted by Gasteiger charge is -2.17. The van der Waals surface area contributed by atoms with Crippen molar-refractivity contribution >= 4 is 14.1 Å². The molecule has 1 aliphatic heterocycles. The second-order valence-corrected chi connectivity index (χ2v) is 5.90. The summed E-state index contributed by atoms with van der Waals surface area (Å²) in [6.45, 7) is -0.695. The molecule has 0 bridgehead atoms. The number of carbonyl (C=O) groups excluding carboxylic acids is 1. The molecule has 11 nitrogen and oxygen atoms in total. The smallest absolute Gasteiger partial charge is 0.390 e. The highest BCUT2D eigenvalue weighted by Crippen LogP contribution is 2.38. The molecule has 1 aliphatic rings. The van der Waals surface area contributed by atoms with Gasteiger partial charge >= 0.3 is 13.5 Å². The molecule has 3 atom stereocenters. The number of ether oxygens (including phenoxy) is 1. The summed E-state index contributed by atoms with van der Waals surface area (Å²) in [4.78, 5) is 52.7. The van der Waals surface area contributed by atoms with Gasteiger partial charge in [-0.05, 0) is 0 Å². The zero-order chi connectivity index (χ0) is 17.4. The number of hydrogen-bond acceptors (Lipinski definition) is 7. The maximum atomic E-state index is 13.6. The Hall–Kier alpha value is -1.69. The van der Waals surface area contributed by atoms with Crippen molar-refractivity contribution in [2.75, 3.05) is 6.61 Å². The summed E-state index contributed by atoms with van der Waals surface area (Å²) < 4.78 is 34.1. The SMILES string of the molecule is O=Cc1c(F)c(=O)[nH]c(=O)n1[C@H]1C[C@H](O)[C@@H](COP(=O)(O)O)O1. The van der Waals surface area contributed by atoms with Crippen LogP contribution in [0, 0.1) is 5.82 Å². The number of hydrogen-bond donors (Lipinski definition) is 4. The Morgan fingerprint density at radius 2 is 2.13 bits per heavy atom. The number of aldehydes is 1. The summed E-state index contributed by atoms with van der Waals surface area (Å²) >= 11 is 0. The largest absolute Gasteiger partial charge is 0.469 e. The topological polar surface area (TPSA) is 168 Å². The van der Waals surface area contributed by atoms with Crippen LogP contribution in [0.3, 0.4) is 0 Å². The van der Waals surface area contributed by atoms with Crippen LogP contribution in [-0.4, -0.2) is 49.5 Å². The fourth-order valence-electron chi connectivity index (χ4n) is 2.13. The van der Waals surface area contributed by atoms with Gasteiger partial charge in [-0.3, -0.25) is 23.7 Å². The summed E-state index contributed by atoms with van der Waals surface area (Å²) in [5.74, 6) is -1.49. The van der Waals surface area contributed by atoms with Crippen LogP contribution in [0.15, 0.2) is 9.59 Å². The monoisotopic (exact) mass is 354 g/mol. The molecule has 0 aliphatic carbocycles. The van der Waals surface area contributed by atoms with Crippen LogP contribution in [0.4, 0.5) is 4.39 Å². The van der Waals surface area contributed by atoms with Crippen LogP contribution in [0.2, 0.25) is 0 Å². The van der Waals surface area contributed by atoms with E-state index in [0.29, 0.717) is 4.57 Å². The van der Waals surface area contributed by atoms with Crippen molar-refractivity contribution in [3.8, 4) is 0 Å². The molecular formula is C10H12FN2O9P. The van der Waals surface area contributed by atoms with Gasteiger partial charge in [-0.2, -0.15) is 4.39 Å². The number of aliphatic hydroxyl groups excluding tert-OH is 1. The molecule has 0 amide bonds. The third kappa shape index (κ3) is 3.80. The fraction of sp³-hybridized carbons (Fsp3) is 0.500. The van der Waals surface area contributed by atoms with Crippen LogP contribution >= 0.6 is 7.82 Å². The maximum absolute atomic E-state index is 13.6. The molecule has 1 aromatic heterocycles. The molecule has 0 spiro atoms. The fourth-order valence-corrected chi connectivity index (χ4v) is 2.47. The summed E-state index contributed by atoms with van der Waals surface area (Å²) in [5.41, 5.74) is -3.38. The van der Waals surface area contributed by atoms with Gasteiger partial charge in [-0.1, -0.05) is 0 Å². The van der Waals surface area contributed by atoms with Crippen LogP contribution < -0.4 is 11.2 Å². The average molecular weight is 354 g/mol. The van der Waals surface area contributed by atoms with E-state index in [9.17, 15) is 28.4 Å². The van der Waals surface area contributed by atoms with Crippen LogP contribution in [0.25, 0.3) is 0 Å².